The Morgan fingerprint density at radius 1 is 1.03 bits per heavy atom. The van der Waals surface area contributed by atoms with Crippen molar-refractivity contribution in [2.24, 2.45) is 0 Å². The monoisotopic (exact) mass is 438 g/mol. The number of hydrogen-bond donors (Lipinski definition) is 2. The number of halogens is 6. The summed E-state index contributed by atoms with van der Waals surface area (Å²) in [5, 5.41) is 5.66. The fourth-order valence-electron chi connectivity index (χ4n) is 2.78. The van der Waals surface area contributed by atoms with Gasteiger partial charge in [-0.25, -0.2) is 13.2 Å². The van der Waals surface area contributed by atoms with Crippen LogP contribution in [-0.4, -0.2) is 7.05 Å². The highest BCUT2D eigenvalue weighted by Crippen LogP contribution is 2.33. The minimum absolute atomic E-state index is 0.0479. The molecule has 0 amide bonds. The molecule has 0 fully saturated rings. The number of allylic oxidation sites excluding steroid dienone is 3. The van der Waals surface area contributed by atoms with Crippen LogP contribution in [0.15, 0.2) is 73.6 Å². The fourth-order valence-corrected chi connectivity index (χ4v) is 2.78. The summed E-state index contributed by atoms with van der Waals surface area (Å²) in [6.45, 7) is 7.38. The van der Waals surface area contributed by atoms with Crippen LogP contribution < -0.4 is 10.6 Å². The predicted octanol–water partition coefficient (Wildman–Crippen LogP) is 6.08. The molecule has 8 heteroatoms. The van der Waals surface area contributed by atoms with Crippen molar-refractivity contribution in [3.05, 3.63) is 113 Å². The first-order valence-corrected chi connectivity index (χ1v) is 9.03. The van der Waals surface area contributed by atoms with E-state index in [1.807, 2.05) is 0 Å². The smallest absolute Gasteiger partial charge is 0.394 e. The van der Waals surface area contributed by atoms with Gasteiger partial charge in [0.05, 0.1) is 5.56 Å². The zero-order valence-electron chi connectivity index (χ0n) is 16.6. The summed E-state index contributed by atoms with van der Waals surface area (Å²) >= 11 is 0. The number of rotatable bonds is 8. The Morgan fingerprint density at radius 3 is 2.32 bits per heavy atom. The van der Waals surface area contributed by atoms with Gasteiger partial charge in [0.25, 0.3) is 0 Å². The second-order valence-corrected chi connectivity index (χ2v) is 6.46. The van der Waals surface area contributed by atoms with Gasteiger partial charge in [-0.1, -0.05) is 31.4 Å². The molecule has 0 unspecified atom stereocenters. The van der Waals surface area contributed by atoms with E-state index in [-0.39, 0.29) is 28.8 Å². The summed E-state index contributed by atoms with van der Waals surface area (Å²) in [7, 11) is 1.66. The van der Waals surface area contributed by atoms with Crippen molar-refractivity contribution in [2.45, 2.75) is 12.6 Å². The lowest BCUT2D eigenvalue weighted by Gasteiger charge is -2.18. The first-order valence-electron chi connectivity index (χ1n) is 9.03. The van der Waals surface area contributed by atoms with E-state index in [0.717, 1.165) is 30.3 Å². The zero-order chi connectivity index (χ0) is 23.2. The lowest BCUT2D eigenvalue weighted by atomic mass is 9.95. The molecule has 0 aliphatic carbocycles. The van der Waals surface area contributed by atoms with E-state index in [2.05, 4.69) is 23.8 Å². The molecule has 0 heterocycles. The molecular weight excluding hydrogens is 418 g/mol. The third kappa shape index (κ3) is 6.04. The Hall–Kier alpha value is -3.42. The first-order chi connectivity index (χ1) is 14.6. The van der Waals surface area contributed by atoms with E-state index >= 15 is 0 Å². The second-order valence-electron chi connectivity index (χ2n) is 6.46. The fraction of sp³-hybridized carbons (Fsp3) is 0.130. The van der Waals surface area contributed by atoms with Gasteiger partial charge in [-0.2, -0.15) is 13.2 Å². The SMILES string of the molecule is C=C/C=C(\C=C/NC)NC(=C)c1cc(C(F)(F)F)ccc1Cc1ccc(F)c(F)c1F. The van der Waals surface area contributed by atoms with Crippen LogP contribution in [0.5, 0.6) is 0 Å². The van der Waals surface area contributed by atoms with Crippen molar-refractivity contribution in [1.29, 1.82) is 0 Å². The molecule has 0 saturated heterocycles. The van der Waals surface area contributed by atoms with Crippen molar-refractivity contribution in [2.75, 3.05) is 7.05 Å². The van der Waals surface area contributed by atoms with Crippen LogP contribution in [0, 0.1) is 17.5 Å². The molecule has 0 spiro atoms. The van der Waals surface area contributed by atoms with E-state index in [1.54, 1.807) is 25.4 Å². The van der Waals surface area contributed by atoms with E-state index in [1.165, 1.54) is 6.08 Å². The van der Waals surface area contributed by atoms with Crippen molar-refractivity contribution < 1.29 is 26.3 Å². The van der Waals surface area contributed by atoms with Gasteiger partial charge in [-0.3, -0.25) is 0 Å². The van der Waals surface area contributed by atoms with E-state index in [0.29, 0.717) is 5.70 Å². The van der Waals surface area contributed by atoms with Crippen molar-refractivity contribution in [1.82, 2.24) is 10.6 Å². The summed E-state index contributed by atoms with van der Waals surface area (Å²) in [5.74, 6) is -4.39. The van der Waals surface area contributed by atoms with Crippen molar-refractivity contribution >= 4 is 5.70 Å². The Kier molecular flexibility index (Phi) is 7.74. The molecule has 164 valence electrons. The second kappa shape index (κ2) is 10.1. The molecule has 31 heavy (non-hydrogen) atoms. The molecule has 2 aromatic carbocycles. The van der Waals surface area contributed by atoms with Crippen LogP contribution in [0.3, 0.4) is 0 Å². The van der Waals surface area contributed by atoms with Gasteiger partial charge < -0.3 is 10.6 Å². The molecule has 0 aliphatic rings. The van der Waals surface area contributed by atoms with Crippen LogP contribution in [0.1, 0.15) is 22.3 Å². The summed E-state index contributed by atoms with van der Waals surface area (Å²) < 4.78 is 80.7. The lowest BCUT2D eigenvalue weighted by Crippen LogP contribution is -2.14. The average molecular weight is 438 g/mol. The number of hydrogen-bond acceptors (Lipinski definition) is 2. The minimum atomic E-state index is -4.62. The lowest BCUT2D eigenvalue weighted by molar-refractivity contribution is -0.137. The van der Waals surface area contributed by atoms with Crippen LogP contribution in [-0.2, 0) is 12.6 Å². The summed E-state index contributed by atoms with van der Waals surface area (Å²) in [4.78, 5) is 0. The van der Waals surface area contributed by atoms with Gasteiger partial charge in [0.1, 0.15) is 0 Å². The molecule has 0 aliphatic heterocycles. The summed E-state index contributed by atoms with van der Waals surface area (Å²) in [6.07, 6.45) is 1.34. The molecular formula is C23H20F6N2. The molecule has 2 rings (SSSR count). The Labute approximate surface area is 176 Å². The van der Waals surface area contributed by atoms with Crippen molar-refractivity contribution in [3.8, 4) is 0 Å². The average Bonchev–Trinajstić information content (AvgIpc) is 2.72. The van der Waals surface area contributed by atoms with Crippen molar-refractivity contribution in [3.63, 3.8) is 0 Å². The maximum atomic E-state index is 14.1. The molecule has 2 N–H and O–H groups in total. The molecule has 0 radical (unpaired) electrons. The molecule has 2 nitrogen and oxygen atoms in total. The standard InChI is InChI=1S/C23H20F6N2/c1-4-5-18(10-11-30-3)31-14(2)19-13-17(23(27,28)29)8-6-15(19)12-16-7-9-20(24)22(26)21(16)25/h4-11,13,30-31H,1-2,12H2,3H3/b11-10-,18-5+. The van der Waals surface area contributed by atoms with Crippen LogP contribution in [0.25, 0.3) is 5.70 Å². The Bertz CT molecular complexity index is 1040. The summed E-state index contributed by atoms with van der Waals surface area (Å²) in [5.41, 5.74) is -0.281. The molecule has 2 aromatic rings. The minimum Gasteiger partial charge on any atom is -0.394 e. The maximum absolute atomic E-state index is 14.1. The van der Waals surface area contributed by atoms with Crippen LogP contribution in [0.2, 0.25) is 0 Å². The highest BCUT2D eigenvalue weighted by molar-refractivity contribution is 5.68. The van der Waals surface area contributed by atoms with Gasteiger partial charge in [0.2, 0.25) is 0 Å². The third-order valence-corrected chi connectivity index (χ3v) is 4.28. The topological polar surface area (TPSA) is 24.1 Å². The van der Waals surface area contributed by atoms with Gasteiger partial charge in [-0.15, -0.1) is 0 Å². The Balaban J connectivity index is 2.51. The molecule has 0 saturated carbocycles. The zero-order valence-corrected chi connectivity index (χ0v) is 16.6. The van der Waals surface area contributed by atoms with Gasteiger partial charge in [0.15, 0.2) is 17.5 Å². The number of alkyl halides is 3. The highest BCUT2D eigenvalue weighted by atomic mass is 19.4. The quantitative estimate of drug-likeness (QED) is 0.297. The number of benzene rings is 2. The van der Waals surface area contributed by atoms with E-state index < -0.39 is 29.2 Å². The molecule has 0 atom stereocenters. The van der Waals surface area contributed by atoms with Gasteiger partial charge in [0, 0.05) is 30.4 Å². The van der Waals surface area contributed by atoms with Gasteiger partial charge >= 0.3 is 6.18 Å². The Morgan fingerprint density at radius 2 is 1.71 bits per heavy atom. The first kappa shape index (κ1) is 23.9. The summed E-state index contributed by atoms with van der Waals surface area (Å²) in [6, 6.07) is 4.68. The van der Waals surface area contributed by atoms with Crippen LogP contribution in [0.4, 0.5) is 26.3 Å². The predicted molar refractivity (Wildman–Crippen MR) is 109 cm³/mol. The largest absolute Gasteiger partial charge is 0.416 e. The molecule has 0 bridgehead atoms. The molecule has 0 aromatic heterocycles. The number of nitrogens with one attached hydrogen (secondary N) is 2. The van der Waals surface area contributed by atoms with Gasteiger partial charge in [-0.05, 0) is 47.7 Å². The third-order valence-electron chi connectivity index (χ3n) is 4.28. The van der Waals surface area contributed by atoms with Crippen LogP contribution >= 0.6 is 0 Å². The van der Waals surface area contributed by atoms with E-state index in [4.69, 9.17) is 0 Å². The highest BCUT2D eigenvalue weighted by Gasteiger charge is 2.31. The van der Waals surface area contributed by atoms with E-state index in [9.17, 15) is 26.3 Å². The maximum Gasteiger partial charge on any atom is 0.416 e. The normalized spacial score (nSPS) is 12.2.